The van der Waals surface area contributed by atoms with Gasteiger partial charge < -0.3 is 40.3 Å². The third-order valence-electron chi connectivity index (χ3n) is 16.6. The molecule has 7 atom stereocenters. The maximum absolute atomic E-state index is 13.1. The average molecular weight is 1130 g/mol. The zero-order valence-corrected chi connectivity index (χ0v) is 52.6. The van der Waals surface area contributed by atoms with Crippen molar-refractivity contribution in [3.8, 4) is 0 Å². The highest BCUT2D eigenvalue weighted by Gasteiger charge is 2.44. The van der Waals surface area contributed by atoms with E-state index in [0.717, 1.165) is 44.9 Å². The van der Waals surface area contributed by atoms with Gasteiger partial charge in [-0.25, -0.2) is 0 Å². The molecule has 1 heterocycles. The number of allylic oxidation sites excluding steroid dienone is 7. The van der Waals surface area contributed by atoms with E-state index in [1.54, 1.807) is 6.08 Å². The topological polar surface area (TPSA) is 149 Å². The molecule has 0 aromatic rings. The van der Waals surface area contributed by atoms with Gasteiger partial charge in [-0.2, -0.15) is 0 Å². The van der Waals surface area contributed by atoms with Crippen molar-refractivity contribution in [2.75, 3.05) is 13.2 Å². The van der Waals surface area contributed by atoms with E-state index in [1.807, 2.05) is 6.08 Å². The van der Waals surface area contributed by atoms with E-state index in [0.29, 0.717) is 6.42 Å². The molecule has 1 aliphatic heterocycles. The molecule has 80 heavy (non-hydrogen) atoms. The smallest absolute Gasteiger partial charge is 0.220 e. The highest BCUT2D eigenvalue weighted by Crippen LogP contribution is 2.23. The first-order chi connectivity index (χ1) is 39.3. The number of amides is 1. The van der Waals surface area contributed by atoms with Crippen molar-refractivity contribution < 1.29 is 39.8 Å². The lowest BCUT2D eigenvalue weighted by atomic mass is 9.99. The van der Waals surface area contributed by atoms with Crippen LogP contribution in [0.1, 0.15) is 341 Å². The molecule has 7 unspecified atom stereocenters. The molecule has 1 rings (SSSR count). The molecule has 6 N–H and O–H groups in total. The van der Waals surface area contributed by atoms with Crippen LogP contribution >= 0.6 is 0 Å². The Morgan fingerprint density at radius 1 is 0.412 bits per heavy atom. The van der Waals surface area contributed by atoms with Crippen LogP contribution in [0.15, 0.2) is 48.6 Å². The summed E-state index contributed by atoms with van der Waals surface area (Å²) in [5.74, 6) is -0.185. The Morgan fingerprint density at radius 3 is 1.05 bits per heavy atom. The molecule has 0 aliphatic carbocycles. The number of nitrogens with one attached hydrogen (secondary N) is 1. The lowest BCUT2D eigenvalue weighted by Crippen LogP contribution is -2.60. The Balaban J connectivity index is 2.12. The summed E-state index contributed by atoms with van der Waals surface area (Å²) in [6.07, 6.45) is 75.1. The first-order valence-corrected chi connectivity index (χ1v) is 34.9. The van der Waals surface area contributed by atoms with Gasteiger partial charge in [0.05, 0.1) is 25.4 Å². The molecule has 9 heteroatoms. The number of hydrogen-bond donors (Lipinski definition) is 6. The fourth-order valence-corrected chi connectivity index (χ4v) is 11.1. The van der Waals surface area contributed by atoms with E-state index in [-0.39, 0.29) is 12.5 Å². The van der Waals surface area contributed by atoms with Crippen LogP contribution in [0.5, 0.6) is 0 Å². The van der Waals surface area contributed by atoms with Crippen molar-refractivity contribution in [3.63, 3.8) is 0 Å². The number of carbonyl (C=O) groups excluding carboxylic acids is 1. The van der Waals surface area contributed by atoms with Crippen molar-refractivity contribution in [2.24, 2.45) is 0 Å². The Kier molecular flexibility index (Phi) is 57.4. The molecular weight excluding hydrogens is 995 g/mol. The molecule has 0 aromatic carbocycles. The van der Waals surface area contributed by atoms with Gasteiger partial charge in [0, 0.05) is 6.42 Å². The van der Waals surface area contributed by atoms with Crippen LogP contribution < -0.4 is 5.32 Å². The second-order valence-corrected chi connectivity index (χ2v) is 24.3. The predicted molar refractivity (Wildman–Crippen MR) is 341 cm³/mol. The number of hydrogen-bond acceptors (Lipinski definition) is 8. The standard InChI is InChI=1S/C71H133NO8/c1-3-5-7-9-11-13-15-17-19-21-23-25-27-28-29-30-31-32-33-34-35-36-37-38-39-41-43-45-47-49-51-53-55-57-59-61-67(75)72-64(63-79-71-70(78)69(77)68(76)66(62-73)80-71)65(74)60-58-56-54-52-50-48-46-44-42-40-26-24-22-20-18-16-14-12-10-8-6-4-2/h21,23,42,44,50,52,58,60,64-66,68-71,73-74,76-78H,3-20,22,24-41,43,45-49,51,53-57,59,61-63H2,1-2H3,(H,72,75)/b23-21-,44-42+,52-50+,60-58+. The zero-order valence-electron chi connectivity index (χ0n) is 52.6. The minimum absolute atomic E-state index is 0.185. The summed E-state index contributed by atoms with van der Waals surface area (Å²) in [5.41, 5.74) is 0. The number of carbonyl (C=O) groups is 1. The molecule has 1 amide bonds. The lowest BCUT2D eigenvalue weighted by Gasteiger charge is -2.40. The summed E-state index contributed by atoms with van der Waals surface area (Å²) >= 11 is 0. The average Bonchev–Trinajstić information content (AvgIpc) is 3.46. The molecule has 0 bridgehead atoms. The van der Waals surface area contributed by atoms with Crippen LogP contribution in [0, 0.1) is 0 Å². The number of ether oxygens (including phenoxy) is 2. The molecule has 1 saturated heterocycles. The first kappa shape index (κ1) is 76.2. The Hall–Kier alpha value is -1.85. The van der Waals surface area contributed by atoms with Crippen molar-refractivity contribution in [2.45, 2.75) is 384 Å². The van der Waals surface area contributed by atoms with Crippen LogP contribution in [-0.4, -0.2) is 87.5 Å². The second-order valence-electron chi connectivity index (χ2n) is 24.3. The van der Waals surface area contributed by atoms with Crippen molar-refractivity contribution >= 4 is 5.91 Å². The fourth-order valence-electron chi connectivity index (χ4n) is 11.1. The van der Waals surface area contributed by atoms with Crippen LogP contribution in [0.2, 0.25) is 0 Å². The van der Waals surface area contributed by atoms with Gasteiger partial charge in [-0.1, -0.05) is 313 Å². The molecule has 0 spiro atoms. The first-order valence-electron chi connectivity index (χ1n) is 34.9. The highest BCUT2D eigenvalue weighted by molar-refractivity contribution is 5.76. The van der Waals surface area contributed by atoms with Gasteiger partial charge in [-0.05, 0) is 70.6 Å². The normalized spacial score (nSPS) is 18.7. The molecule has 1 fully saturated rings. The monoisotopic (exact) mass is 1130 g/mol. The Labute approximate surface area is 494 Å². The lowest BCUT2D eigenvalue weighted by molar-refractivity contribution is -0.302. The summed E-state index contributed by atoms with van der Waals surface area (Å²) in [7, 11) is 0. The van der Waals surface area contributed by atoms with Gasteiger partial charge >= 0.3 is 0 Å². The molecule has 0 saturated carbocycles. The number of aliphatic hydroxyl groups excluding tert-OH is 5. The molecule has 9 nitrogen and oxygen atoms in total. The highest BCUT2D eigenvalue weighted by atomic mass is 16.7. The quantitative estimate of drug-likeness (QED) is 0.0261. The summed E-state index contributed by atoms with van der Waals surface area (Å²) in [6.45, 7) is 3.80. The van der Waals surface area contributed by atoms with Crippen LogP contribution in [0.3, 0.4) is 0 Å². The summed E-state index contributed by atoms with van der Waals surface area (Å²) in [4.78, 5) is 13.1. The van der Waals surface area contributed by atoms with Crippen molar-refractivity contribution in [3.05, 3.63) is 48.6 Å². The van der Waals surface area contributed by atoms with E-state index >= 15 is 0 Å². The third kappa shape index (κ3) is 48.5. The van der Waals surface area contributed by atoms with Crippen LogP contribution in [-0.2, 0) is 14.3 Å². The van der Waals surface area contributed by atoms with E-state index in [2.05, 4.69) is 55.6 Å². The van der Waals surface area contributed by atoms with Gasteiger partial charge in [0.1, 0.15) is 24.4 Å². The van der Waals surface area contributed by atoms with Gasteiger partial charge in [0.15, 0.2) is 6.29 Å². The van der Waals surface area contributed by atoms with Gasteiger partial charge in [-0.3, -0.25) is 4.79 Å². The molecule has 1 aliphatic rings. The van der Waals surface area contributed by atoms with Crippen molar-refractivity contribution in [1.29, 1.82) is 0 Å². The van der Waals surface area contributed by atoms with Gasteiger partial charge in [0.2, 0.25) is 5.91 Å². The van der Waals surface area contributed by atoms with E-state index in [9.17, 15) is 30.3 Å². The van der Waals surface area contributed by atoms with E-state index in [1.165, 1.54) is 276 Å². The maximum atomic E-state index is 13.1. The van der Waals surface area contributed by atoms with Gasteiger partial charge in [-0.15, -0.1) is 0 Å². The van der Waals surface area contributed by atoms with Crippen LogP contribution in [0.25, 0.3) is 0 Å². The second kappa shape index (κ2) is 60.3. The fraction of sp³-hybridized carbons (Fsp3) is 0.873. The largest absolute Gasteiger partial charge is 0.394 e. The van der Waals surface area contributed by atoms with Crippen LogP contribution in [0.4, 0.5) is 0 Å². The maximum Gasteiger partial charge on any atom is 0.220 e. The third-order valence-corrected chi connectivity index (χ3v) is 16.6. The molecule has 470 valence electrons. The SMILES string of the molecule is CCCCCCCCCC/C=C\CCCCCCCCCCCCCCCCCCCCCCCCCC(=O)NC(COC1OC(CO)C(O)C(O)C1O)C(O)/C=C/CC/C=C/CC/C=C/CCCCCCCCCCCCCC. The Bertz CT molecular complexity index is 1400. The summed E-state index contributed by atoms with van der Waals surface area (Å²) in [6, 6.07) is -0.829. The van der Waals surface area contributed by atoms with E-state index in [4.69, 9.17) is 9.47 Å². The minimum atomic E-state index is -1.58. The summed E-state index contributed by atoms with van der Waals surface area (Å²) < 4.78 is 11.3. The zero-order chi connectivity index (χ0) is 57.9. The van der Waals surface area contributed by atoms with E-state index < -0.39 is 49.5 Å². The van der Waals surface area contributed by atoms with Gasteiger partial charge in [0.25, 0.3) is 0 Å². The van der Waals surface area contributed by atoms with Crippen molar-refractivity contribution in [1.82, 2.24) is 5.32 Å². The Morgan fingerprint density at radius 2 is 0.713 bits per heavy atom. The minimum Gasteiger partial charge on any atom is -0.394 e. The molecule has 0 radical (unpaired) electrons. The molecular formula is C71H133NO8. The molecule has 0 aromatic heterocycles. The summed E-state index contributed by atoms with van der Waals surface area (Å²) in [5, 5.41) is 54.7. The predicted octanol–water partition coefficient (Wildman–Crippen LogP) is 18.8. The number of aliphatic hydroxyl groups is 5. The number of unbranched alkanes of at least 4 members (excludes halogenated alkanes) is 45. The number of rotatable bonds is 61.